The zero-order valence-corrected chi connectivity index (χ0v) is 22.7. The summed E-state index contributed by atoms with van der Waals surface area (Å²) in [7, 11) is 0. The number of thiazole rings is 1. The van der Waals surface area contributed by atoms with Crippen LogP contribution in [0.25, 0.3) is 15.9 Å². The Morgan fingerprint density at radius 2 is 1.73 bits per heavy atom. The number of alkyl halides is 3. The molecule has 2 heterocycles. The first-order valence-corrected chi connectivity index (χ1v) is 13.9. The van der Waals surface area contributed by atoms with Gasteiger partial charge >= 0.3 is 6.18 Å². The minimum Gasteiger partial charge on any atom is -0.484 e. The van der Waals surface area contributed by atoms with Gasteiger partial charge in [-0.15, -0.1) is 10.2 Å². The summed E-state index contributed by atoms with van der Waals surface area (Å²) in [6, 6.07) is 20.8. The fourth-order valence-corrected chi connectivity index (χ4v) is 5.35. The molecular weight excluding hydrogens is 577 g/mol. The second-order valence-corrected chi connectivity index (χ2v) is 10.5. The highest BCUT2D eigenvalue weighted by Crippen LogP contribution is 2.32. The predicted octanol–water partition coefficient (Wildman–Crippen LogP) is 5.32. The van der Waals surface area contributed by atoms with Crippen molar-refractivity contribution in [2.24, 2.45) is 0 Å². The standard InChI is InChI=1S/C27H21F3N6O3S2/c28-27(29,30)17-7-6-8-18(13-17)36-22(14-31-23(37)15-39-19-9-2-1-3-10-19)34-35-26(36)40-16-24(38)33-25-32-20-11-4-5-12-21(20)41-25/h1-13H,14-16H2,(H,31,37)(H,32,33,38). The summed E-state index contributed by atoms with van der Waals surface area (Å²) in [6.07, 6.45) is -4.57. The Kier molecular flexibility index (Phi) is 8.50. The summed E-state index contributed by atoms with van der Waals surface area (Å²) in [5.41, 5.74) is 0.0220. The lowest BCUT2D eigenvalue weighted by Crippen LogP contribution is -2.29. The van der Waals surface area contributed by atoms with E-state index in [0.29, 0.717) is 10.9 Å². The zero-order valence-electron chi connectivity index (χ0n) is 21.1. The van der Waals surface area contributed by atoms with Crippen molar-refractivity contribution in [3.63, 3.8) is 0 Å². The Hall–Kier alpha value is -4.43. The van der Waals surface area contributed by atoms with Crippen LogP contribution in [0.5, 0.6) is 5.75 Å². The summed E-state index contributed by atoms with van der Waals surface area (Å²) in [6.45, 7) is -0.409. The van der Waals surface area contributed by atoms with Crippen molar-refractivity contribution in [3.05, 3.63) is 90.3 Å². The van der Waals surface area contributed by atoms with Crippen LogP contribution in [-0.4, -0.2) is 43.9 Å². The second kappa shape index (κ2) is 12.4. The molecule has 0 spiro atoms. The van der Waals surface area contributed by atoms with Crippen LogP contribution in [0.1, 0.15) is 11.4 Å². The number of carbonyl (C=O) groups is 2. The van der Waals surface area contributed by atoms with Crippen molar-refractivity contribution in [1.82, 2.24) is 25.1 Å². The lowest BCUT2D eigenvalue weighted by molar-refractivity contribution is -0.137. The maximum atomic E-state index is 13.5. The Morgan fingerprint density at radius 1 is 0.951 bits per heavy atom. The van der Waals surface area contributed by atoms with Crippen LogP contribution in [0.4, 0.5) is 18.3 Å². The number of amides is 2. The molecule has 2 aromatic heterocycles. The normalized spacial score (nSPS) is 11.4. The van der Waals surface area contributed by atoms with E-state index < -0.39 is 17.6 Å². The quantitative estimate of drug-likeness (QED) is 0.209. The zero-order chi connectivity index (χ0) is 28.8. The van der Waals surface area contributed by atoms with Crippen molar-refractivity contribution >= 4 is 50.3 Å². The highest BCUT2D eigenvalue weighted by Gasteiger charge is 2.31. The number of anilines is 1. The number of thioether (sulfide) groups is 1. The number of hydrogen-bond donors (Lipinski definition) is 2. The third kappa shape index (κ3) is 7.21. The largest absolute Gasteiger partial charge is 0.484 e. The summed E-state index contributed by atoms with van der Waals surface area (Å²) < 4.78 is 48.1. The fraction of sp³-hybridized carbons (Fsp3) is 0.148. The first kappa shape index (κ1) is 28.1. The molecule has 2 amide bonds. The number of rotatable bonds is 10. The molecule has 0 atom stereocenters. The molecule has 5 aromatic rings. The Balaban J connectivity index is 1.31. The second-order valence-electron chi connectivity index (χ2n) is 8.48. The minimum atomic E-state index is -4.57. The van der Waals surface area contributed by atoms with E-state index in [4.69, 9.17) is 4.74 Å². The van der Waals surface area contributed by atoms with Gasteiger partial charge in [-0.1, -0.05) is 59.5 Å². The van der Waals surface area contributed by atoms with Crippen LogP contribution in [0.3, 0.4) is 0 Å². The molecule has 3 aromatic carbocycles. The van der Waals surface area contributed by atoms with Crippen LogP contribution >= 0.6 is 23.1 Å². The number of para-hydroxylation sites is 2. The van der Waals surface area contributed by atoms with Crippen LogP contribution in [0.2, 0.25) is 0 Å². The van der Waals surface area contributed by atoms with Crippen molar-refractivity contribution in [2.75, 3.05) is 17.7 Å². The van der Waals surface area contributed by atoms with Crippen molar-refractivity contribution in [2.45, 2.75) is 17.9 Å². The maximum absolute atomic E-state index is 13.5. The Labute approximate surface area is 239 Å². The number of fused-ring (bicyclic) bond motifs is 1. The van der Waals surface area contributed by atoms with Gasteiger partial charge in [0.1, 0.15) is 5.75 Å². The highest BCUT2D eigenvalue weighted by molar-refractivity contribution is 7.99. The number of nitrogens with zero attached hydrogens (tertiary/aromatic N) is 4. The number of halogens is 3. The molecule has 0 fully saturated rings. The van der Waals surface area contributed by atoms with Gasteiger partial charge < -0.3 is 15.4 Å². The van der Waals surface area contributed by atoms with Gasteiger partial charge in [0.2, 0.25) is 5.91 Å². The third-order valence-corrected chi connectivity index (χ3v) is 7.44. The molecule has 0 aliphatic carbocycles. The average Bonchev–Trinajstić information content (AvgIpc) is 3.57. The summed E-state index contributed by atoms with van der Waals surface area (Å²) in [5.74, 6) is -0.258. The fourth-order valence-electron chi connectivity index (χ4n) is 3.69. The van der Waals surface area contributed by atoms with Gasteiger partial charge in [0.15, 0.2) is 22.7 Å². The monoisotopic (exact) mass is 598 g/mol. The van der Waals surface area contributed by atoms with E-state index in [9.17, 15) is 22.8 Å². The first-order valence-electron chi connectivity index (χ1n) is 12.1. The molecule has 210 valence electrons. The maximum Gasteiger partial charge on any atom is 0.416 e. The molecule has 41 heavy (non-hydrogen) atoms. The summed E-state index contributed by atoms with van der Waals surface area (Å²) in [5, 5.41) is 14.1. The number of carbonyl (C=O) groups excluding carboxylic acids is 2. The van der Waals surface area contributed by atoms with Gasteiger partial charge in [-0.25, -0.2) is 4.98 Å². The number of ether oxygens (including phenoxy) is 1. The van der Waals surface area contributed by atoms with Gasteiger partial charge in [0.05, 0.1) is 33.8 Å². The van der Waals surface area contributed by atoms with Crippen LogP contribution in [0, 0.1) is 0 Å². The molecule has 0 aliphatic heterocycles. The molecule has 0 saturated heterocycles. The van der Waals surface area contributed by atoms with E-state index >= 15 is 0 Å². The van der Waals surface area contributed by atoms with Crippen molar-refractivity contribution in [3.8, 4) is 11.4 Å². The molecule has 0 bridgehead atoms. The average molecular weight is 599 g/mol. The number of aromatic nitrogens is 4. The SMILES string of the molecule is O=C(COc1ccccc1)NCc1nnc(SCC(=O)Nc2nc3ccccc3s2)n1-c1cccc(C(F)(F)F)c1. The van der Waals surface area contributed by atoms with Gasteiger partial charge in [-0.2, -0.15) is 13.2 Å². The minimum absolute atomic E-state index is 0.107. The van der Waals surface area contributed by atoms with Crippen molar-refractivity contribution < 1.29 is 27.5 Å². The number of benzene rings is 3. The number of hydrogen-bond acceptors (Lipinski definition) is 8. The molecule has 0 radical (unpaired) electrons. The van der Waals surface area contributed by atoms with E-state index in [1.807, 2.05) is 30.3 Å². The topological polar surface area (TPSA) is 111 Å². The molecule has 0 saturated carbocycles. The highest BCUT2D eigenvalue weighted by atomic mass is 32.2. The molecule has 2 N–H and O–H groups in total. The van der Waals surface area contributed by atoms with Gasteiger partial charge in [-0.05, 0) is 42.5 Å². The van der Waals surface area contributed by atoms with Crippen LogP contribution < -0.4 is 15.4 Å². The van der Waals surface area contributed by atoms with Crippen LogP contribution in [0.15, 0.2) is 84.0 Å². The number of nitrogens with one attached hydrogen (secondary N) is 2. The van der Waals surface area contributed by atoms with E-state index in [1.54, 1.807) is 24.3 Å². The molecule has 14 heteroatoms. The van der Waals surface area contributed by atoms with E-state index in [2.05, 4.69) is 25.8 Å². The lowest BCUT2D eigenvalue weighted by atomic mass is 10.2. The molecule has 0 unspecified atom stereocenters. The predicted molar refractivity (Wildman–Crippen MR) is 149 cm³/mol. The lowest BCUT2D eigenvalue weighted by Gasteiger charge is -2.13. The van der Waals surface area contributed by atoms with Crippen LogP contribution in [-0.2, 0) is 22.3 Å². The smallest absolute Gasteiger partial charge is 0.416 e. The van der Waals surface area contributed by atoms with E-state index in [1.165, 1.54) is 28.0 Å². The molecule has 0 aliphatic rings. The van der Waals surface area contributed by atoms with Gasteiger partial charge in [0, 0.05) is 0 Å². The Bertz CT molecular complexity index is 1640. The molecule has 5 rings (SSSR count). The first-order chi connectivity index (χ1) is 19.8. The summed E-state index contributed by atoms with van der Waals surface area (Å²) >= 11 is 2.31. The molecular formula is C27H21F3N6O3S2. The van der Waals surface area contributed by atoms with E-state index in [0.717, 1.165) is 34.1 Å². The van der Waals surface area contributed by atoms with E-state index in [-0.39, 0.29) is 41.5 Å². The Morgan fingerprint density at radius 3 is 2.51 bits per heavy atom. The van der Waals surface area contributed by atoms with Gasteiger partial charge in [-0.3, -0.25) is 14.2 Å². The third-order valence-electron chi connectivity index (χ3n) is 5.56. The van der Waals surface area contributed by atoms with Gasteiger partial charge in [0.25, 0.3) is 5.91 Å². The molecule has 9 nitrogen and oxygen atoms in total. The van der Waals surface area contributed by atoms with Crippen molar-refractivity contribution in [1.29, 1.82) is 0 Å². The summed E-state index contributed by atoms with van der Waals surface area (Å²) in [4.78, 5) is 29.4.